The Morgan fingerprint density at radius 3 is 1.33 bits per heavy atom. The highest BCUT2D eigenvalue weighted by Crippen LogP contribution is 2.19. The number of carbonyl (C=O) groups is 2. The molecule has 0 bridgehead atoms. The van der Waals surface area contributed by atoms with Gasteiger partial charge in [0.2, 0.25) is 11.8 Å². The molecule has 48 heavy (non-hydrogen) atoms. The molecule has 11 heteroatoms. The van der Waals surface area contributed by atoms with Gasteiger partial charge in [0.15, 0.2) is 0 Å². The van der Waals surface area contributed by atoms with Crippen molar-refractivity contribution in [3.05, 3.63) is 108 Å². The molecular formula is C37H48N8O3. The van der Waals surface area contributed by atoms with Crippen molar-refractivity contribution in [2.75, 3.05) is 23.7 Å². The van der Waals surface area contributed by atoms with E-state index in [-0.39, 0.29) is 11.8 Å². The van der Waals surface area contributed by atoms with Crippen LogP contribution in [-0.2, 0) is 35.8 Å². The van der Waals surface area contributed by atoms with Crippen LogP contribution in [0.5, 0.6) is 0 Å². The van der Waals surface area contributed by atoms with Gasteiger partial charge in [-0.1, -0.05) is 65.8 Å². The second-order valence-electron chi connectivity index (χ2n) is 14.1. The Kier molecular flexibility index (Phi) is 12.5. The number of carbonyl (C=O) groups excluding carboxylic acids is 2. The normalized spacial score (nSPS) is 12.6. The van der Waals surface area contributed by atoms with Crippen LogP contribution >= 0.6 is 0 Å². The van der Waals surface area contributed by atoms with Gasteiger partial charge in [0.05, 0.1) is 28.9 Å². The molecule has 0 aliphatic heterocycles. The first-order valence-corrected chi connectivity index (χ1v) is 16.2. The number of pyridine rings is 4. The van der Waals surface area contributed by atoms with Crippen LogP contribution < -0.4 is 10.6 Å². The second-order valence-corrected chi connectivity index (χ2v) is 14.1. The second kappa shape index (κ2) is 16.5. The largest absolute Gasteiger partial charge is 0.390 e. The highest BCUT2D eigenvalue weighted by atomic mass is 16.3. The average Bonchev–Trinajstić information content (AvgIpc) is 3.01. The molecule has 1 unspecified atom stereocenters. The van der Waals surface area contributed by atoms with Gasteiger partial charge >= 0.3 is 0 Å². The van der Waals surface area contributed by atoms with Crippen LogP contribution in [0.15, 0.2) is 85.2 Å². The van der Waals surface area contributed by atoms with Gasteiger partial charge in [0, 0.05) is 62.5 Å². The first-order valence-electron chi connectivity index (χ1n) is 16.2. The summed E-state index contributed by atoms with van der Waals surface area (Å²) in [4.78, 5) is 47.9. The third-order valence-corrected chi connectivity index (χ3v) is 7.39. The van der Waals surface area contributed by atoms with E-state index in [0.717, 1.165) is 22.8 Å². The van der Waals surface area contributed by atoms with E-state index in [9.17, 15) is 14.7 Å². The quantitative estimate of drug-likeness (QED) is 0.166. The smallest absolute Gasteiger partial charge is 0.230 e. The maximum Gasteiger partial charge on any atom is 0.230 e. The molecule has 0 saturated carbocycles. The zero-order valence-corrected chi connectivity index (χ0v) is 28.8. The third-order valence-electron chi connectivity index (χ3n) is 7.39. The molecule has 0 saturated heterocycles. The van der Waals surface area contributed by atoms with Crippen molar-refractivity contribution in [2.45, 2.75) is 73.8 Å². The number of amides is 2. The van der Waals surface area contributed by atoms with E-state index in [1.54, 1.807) is 24.5 Å². The number of hydrogen-bond acceptors (Lipinski definition) is 9. The van der Waals surface area contributed by atoms with Crippen LogP contribution in [0.1, 0.15) is 64.3 Å². The van der Waals surface area contributed by atoms with E-state index in [0.29, 0.717) is 50.9 Å². The molecule has 0 fully saturated rings. The Balaban J connectivity index is 1.55. The van der Waals surface area contributed by atoms with Gasteiger partial charge in [0.25, 0.3) is 0 Å². The number of aromatic nitrogens is 4. The highest BCUT2D eigenvalue weighted by Gasteiger charge is 2.24. The van der Waals surface area contributed by atoms with Crippen LogP contribution in [0.3, 0.4) is 0 Å². The molecule has 3 N–H and O–H groups in total. The highest BCUT2D eigenvalue weighted by molar-refractivity contribution is 5.94. The third kappa shape index (κ3) is 11.9. The van der Waals surface area contributed by atoms with Crippen LogP contribution in [0.4, 0.5) is 11.6 Å². The number of rotatable bonds is 14. The fourth-order valence-electron chi connectivity index (χ4n) is 4.81. The number of hydrogen-bond donors (Lipinski definition) is 3. The monoisotopic (exact) mass is 652 g/mol. The summed E-state index contributed by atoms with van der Waals surface area (Å²) in [5, 5.41) is 17.4. The molecule has 4 aromatic heterocycles. The van der Waals surface area contributed by atoms with Crippen molar-refractivity contribution in [1.29, 1.82) is 0 Å². The molecule has 4 heterocycles. The Morgan fingerprint density at radius 1 is 0.604 bits per heavy atom. The summed E-state index contributed by atoms with van der Waals surface area (Å²) in [5.41, 5.74) is 2.12. The average molecular weight is 653 g/mol. The molecule has 0 aliphatic rings. The fourth-order valence-corrected chi connectivity index (χ4v) is 4.81. The number of anilines is 2. The van der Waals surface area contributed by atoms with Crippen molar-refractivity contribution < 1.29 is 14.7 Å². The van der Waals surface area contributed by atoms with Gasteiger partial charge in [0.1, 0.15) is 11.6 Å². The summed E-state index contributed by atoms with van der Waals surface area (Å²) >= 11 is 0. The van der Waals surface area contributed by atoms with Gasteiger partial charge < -0.3 is 15.7 Å². The lowest BCUT2D eigenvalue weighted by Gasteiger charge is -2.29. The van der Waals surface area contributed by atoms with E-state index >= 15 is 0 Å². The summed E-state index contributed by atoms with van der Waals surface area (Å²) in [5.74, 6) is 0.682. The Bertz CT molecular complexity index is 1510. The summed E-state index contributed by atoms with van der Waals surface area (Å²) in [6.07, 6.45) is 2.79. The van der Waals surface area contributed by atoms with Crippen molar-refractivity contribution in [2.24, 2.45) is 10.8 Å². The number of nitrogens with one attached hydrogen (secondary N) is 2. The summed E-state index contributed by atoms with van der Waals surface area (Å²) < 4.78 is 0. The van der Waals surface area contributed by atoms with Crippen LogP contribution in [0, 0.1) is 10.8 Å². The molecule has 4 rings (SSSR count). The Hall–Kier alpha value is -4.58. The lowest BCUT2D eigenvalue weighted by atomic mass is 9.96. The molecule has 0 radical (unpaired) electrons. The predicted molar refractivity (Wildman–Crippen MR) is 187 cm³/mol. The molecule has 2 amide bonds. The molecule has 254 valence electrons. The topological polar surface area (TPSA) is 136 Å². The summed E-state index contributed by atoms with van der Waals surface area (Å²) in [6, 6.07) is 22.7. The first kappa shape index (κ1) is 36.3. The van der Waals surface area contributed by atoms with Gasteiger partial charge in [-0.2, -0.15) is 0 Å². The lowest BCUT2D eigenvalue weighted by Crippen LogP contribution is -2.40. The Labute approximate surface area is 283 Å². The molecule has 0 aromatic carbocycles. The van der Waals surface area contributed by atoms with Crippen molar-refractivity contribution in [1.82, 2.24) is 29.7 Å². The van der Waals surface area contributed by atoms with E-state index in [1.807, 2.05) is 102 Å². The predicted octanol–water partition coefficient (Wildman–Crippen LogP) is 5.30. The van der Waals surface area contributed by atoms with Crippen LogP contribution in [0.25, 0.3) is 0 Å². The minimum atomic E-state index is -0.745. The molecule has 0 aliphatic carbocycles. The standard InChI is InChI=1S/C37H48N8O3/c1-36(2,3)34(47)42-32-17-11-15-29(40-32)23-45(24-30-16-12-18-33(41-30)43-35(48)37(4,5)6)26-31(46)25-44(21-27-13-7-9-19-38-27)22-28-14-8-10-20-39-28/h7-20,31,46H,21-26H2,1-6H3,(H,40,42,47)(H,41,43,48). The number of aliphatic hydroxyl groups is 1. The maximum atomic E-state index is 12.6. The van der Waals surface area contributed by atoms with Gasteiger partial charge in [-0.05, 0) is 48.5 Å². The minimum absolute atomic E-state index is 0.126. The number of nitrogens with zero attached hydrogens (tertiary/aromatic N) is 6. The van der Waals surface area contributed by atoms with Gasteiger partial charge in [-0.25, -0.2) is 9.97 Å². The van der Waals surface area contributed by atoms with Crippen molar-refractivity contribution >= 4 is 23.5 Å². The SMILES string of the molecule is CC(C)(C)C(=O)Nc1cccc(CN(Cc2cccc(NC(=O)C(C)(C)C)n2)CC(O)CN(Cc2ccccn2)Cc2ccccn2)n1. The zero-order chi connectivity index (χ0) is 34.7. The fraction of sp³-hybridized carbons (Fsp3) is 0.405. The van der Waals surface area contributed by atoms with E-state index < -0.39 is 16.9 Å². The molecule has 11 nitrogen and oxygen atoms in total. The first-order chi connectivity index (χ1) is 22.7. The lowest BCUT2D eigenvalue weighted by molar-refractivity contribution is -0.123. The van der Waals surface area contributed by atoms with E-state index in [4.69, 9.17) is 9.97 Å². The summed E-state index contributed by atoms with van der Waals surface area (Å²) in [7, 11) is 0. The maximum absolute atomic E-state index is 12.6. The van der Waals surface area contributed by atoms with Crippen LogP contribution in [-0.4, -0.2) is 65.9 Å². The van der Waals surface area contributed by atoms with E-state index in [1.165, 1.54) is 0 Å². The molecular weight excluding hydrogens is 604 g/mol. The molecule has 1 atom stereocenters. The van der Waals surface area contributed by atoms with Gasteiger partial charge in [-0.3, -0.25) is 29.4 Å². The zero-order valence-electron chi connectivity index (χ0n) is 28.8. The van der Waals surface area contributed by atoms with Crippen LogP contribution in [0.2, 0.25) is 0 Å². The summed E-state index contributed by atoms with van der Waals surface area (Å²) in [6.45, 7) is 13.7. The van der Waals surface area contributed by atoms with Gasteiger partial charge in [-0.15, -0.1) is 0 Å². The molecule has 4 aromatic rings. The Morgan fingerprint density at radius 2 is 0.979 bits per heavy atom. The molecule has 0 spiro atoms. The van der Waals surface area contributed by atoms with Crippen molar-refractivity contribution in [3.8, 4) is 0 Å². The van der Waals surface area contributed by atoms with E-state index in [2.05, 4.69) is 30.4 Å². The number of aliphatic hydroxyl groups excluding tert-OH is 1. The van der Waals surface area contributed by atoms with Crippen molar-refractivity contribution in [3.63, 3.8) is 0 Å². The minimum Gasteiger partial charge on any atom is -0.390 e.